The van der Waals surface area contributed by atoms with E-state index in [1.165, 1.54) is 24.9 Å². The highest BCUT2D eigenvalue weighted by Crippen LogP contribution is 2.36. The molecule has 0 unspecified atom stereocenters. The molecule has 2 heterocycles. The summed E-state index contributed by atoms with van der Waals surface area (Å²) in [7, 11) is 1.43. The molecule has 0 bridgehead atoms. The van der Waals surface area contributed by atoms with Crippen LogP contribution in [0.4, 0.5) is 4.39 Å². The average molecular weight is 374 g/mol. The fraction of sp³-hybridized carbons (Fsp3) is 0.222. The number of ether oxygens (including phenoxy) is 3. The first-order valence-corrected chi connectivity index (χ1v) is 8.88. The Balaban J connectivity index is 1.40. The highest BCUT2D eigenvalue weighted by atomic mass is 32.2. The Kier molecular flexibility index (Phi) is 4.66. The van der Waals surface area contributed by atoms with Gasteiger partial charge >= 0.3 is 0 Å². The van der Waals surface area contributed by atoms with Crippen molar-refractivity contribution in [1.29, 1.82) is 0 Å². The fourth-order valence-electron chi connectivity index (χ4n) is 2.49. The molecule has 0 spiro atoms. The van der Waals surface area contributed by atoms with Crippen LogP contribution in [0.5, 0.6) is 17.2 Å². The van der Waals surface area contributed by atoms with Crippen LogP contribution in [0.25, 0.3) is 0 Å². The summed E-state index contributed by atoms with van der Waals surface area (Å²) in [5.41, 5.74) is 0.791. The highest BCUT2D eigenvalue weighted by Gasteiger charge is 2.27. The molecule has 2 aromatic carbocycles. The van der Waals surface area contributed by atoms with Crippen LogP contribution in [0.2, 0.25) is 0 Å². The number of methoxy groups -OCH3 is 1. The zero-order valence-electron chi connectivity index (χ0n) is 13.8. The predicted molar refractivity (Wildman–Crippen MR) is 92.1 cm³/mol. The number of thioether (sulfide) groups is 1. The van der Waals surface area contributed by atoms with Crippen molar-refractivity contribution < 1.29 is 23.0 Å². The quantitative estimate of drug-likeness (QED) is 0.625. The fourth-order valence-corrected chi connectivity index (χ4v) is 3.21. The zero-order chi connectivity index (χ0) is 17.9. The van der Waals surface area contributed by atoms with Gasteiger partial charge in [-0.3, -0.25) is 0 Å². The molecule has 0 saturated heterocycles. The van der Waals surface area contributed by atoms with Crippen molar-refractivity contribution in [2.45, 2.75) is 17.1 Å². The van der Waals surface area contributed by atoms with E-state index in [4.69, 9.17) is 18.6 Å². The Morgan fingerprint density at radius 1 is 1.19 bits per heavy atom. The topological polar surface area (TPSA) is 66.6 Å². The minimum atomic E-state index is -0.454. The van der Waals surface area contributed by atoms with Crippen LogP contribution in [0.3, 0.4) is 0 Å². The molecular formula is C18H15FN2O4S. The normalized spacial score (nSPS) is 15.7. The molecule has 26 heavy (non-hydrogen) atoms. The number of benzene rings is 2. The van der Waals surface area contributed by atoms with E-state index in [1.54, 1.807) is 12.1 Å². The van der Waals surface area contributed by atoms with Gasteiger partial charge in [0.25, 0.3) is 11.1 Å². The van der Waals surface area contributed by atoms with Gasteiger partial charge < -0.3 is 18.6 Å². The van der Waals surface area contributed by atoms with E-state index < -0.39 is 11.9 Å². The summed E-state index contributed by atoms with van der Waals surface area (Å²) in [6, 6.07) is 12.2. The maximum Gasteiger partial charge on any atom is 0.277 e. The summed E-state index contributed by atoms with van der Waals surface area (Å²) >= 11 is 1.32. The largest absolute Gasteiger partial charge is 0.494 e. The molecule has 8 heteroatoms. The second-order valence-electron chi connectivity index (χ2n) is 5.53. The monoisotopic (exact) mass is 374 g/mol. The second kappa shape index (κ2) is 7.25. The van der Waals surface area contributed by atoms with Crippen LogP contribution in [0.15, 0.2) is 52.1 Å². The van der Waals surface area contributed by atoms with Gasteiger partial charge in [-0.2, -0.15) is 0 Å². The van der Waals surface area contributed by atoms with Crippen molar-refractivity contribution in [1.82, 2.24) is 10.2 Å². The van der Waals surface area contributed by atoms with Gasteiger partial charge in [0.1, 0.15) is 6.61 Å². The SMILES string of the molecule is COc1ccc(CSc2nnc([C@@H]3COc4ccccc4O3)o2)cc1F. The third-order valence-electron chi connectivity index (χ3n) is 3.78. The van der Waals surface area contributed by atoms with Gasteiger partial charge in [-0.05, 0) is 29.8 Å². The molecule has 1 aromatic heterocycles. The zero-order valence-corrected chi connectivity index (χ0v) is 14.7. The van der Waals surface area contributed by atoms with E-state index in [1.807, 2.05) is 24.3 Å². The lowest BCUT2D eigenvalue weighted by molar-refractivity contribution is 0.0686. The van der Waals surface area contributed by atoms with Crippen LogP contribution < -0.4 is 14.2 Å². The van der Waals surface area contributed by atoms with Crippen molar-refractivity contribution >= 4 is 11.8 Å². The number of aromatic nitrogens is 2. The second-order valence-corrected chi connectivity index (χ2v) is 6.45. The maximum atomic E-state index is 13.7. The molecule has 1 aliphatic heterocycles. The average Bonchev–Trinajstić information content (AvgIpc) is 3.15. The molecule has 6 nitrogen and oxygen atoms in total. The lowest BCUT2D eigenvalue weighted by Crippen LogP contribution is -2.21. The Labute approximate surface area is 153 Å². The molecule has 0 amide bonds. The van der Waals surface area contributed by atoms with Gasteiger partial charge in [0.05, 0.1) is 7.11 Å². The number of hydrogen-bond donors (Lipinski definition) is 0. The Morgan fingerprint density at radius 3 is 2.85 bits per heavy atom. The molecule has 0 N–H and O–H groups in total. The standard InChI is InChI=1S/C18H15FN2O4S/c1-22-13-7-6-11(8-12(13)19)10-26-18-21-20-17(25-18)16-9-23-14-4-2-3-5-15(14)24-16/h2-8,16H,9-10H2,1H3/t16-/m0/s1. The molecule has 4 rings (SSSR count). The van der Waals surface area contributed by atoms with E-state index in [0.717, 1.165) is 5.56 Å². The third kappa shape index (κ3) is 3.45. The van der Waals surface area contributed by atoms with Crippen molar-refractivity contribution in [2.75, 3.05) is 13.7 Å². The number of halogens is 1. The highest BCUT2D eigenvalue weighted by molar-refractivity contribution is 7.98. The van der Waals surface area contributed by atoms with Crippen molar-refractivity contribution in [3.63, 3.8) is 0 Å². The van der Waals surface area contributed by atoms with Gasteiger partial charge in [0.15, 0.2) is 23.1 Å². The number of hydrogen-bond acceptors (Lipinski definition) is 7. The van der Waals surface area contributed by atoms with Gasteiger partial charge in [-0.1, -0.05) is 30.0 Å². The summed E-state index contributed by atoms with van der Waals surface area (Å²) in [4.78, 5) is 0. The van der Waals surface area contributed by atoms with Crippen LogP contribution in [-0.2, 0) is 5.75 Å². The van der Waals surface area contributed by atoms with Gasteiger partial charge in [0, 0.05) is 5.75 Å². The maximum absolute atomic E-state index is 13.7. The van der Waals surface area contributed by atoms with Crippen LogP contribution in [-0.4, -0.2) is 23.9 Å². The number of rotatable bonds is 5. The van der Waals surface area contributed by atoms with Crippen molar-refractivity contribution in [3.05, 3.63) is 59.7 Å². The summed E-state index contributed by atoms with van der Waals surface area (Å²) in [5, 5.41) is 8.43. The summed E-state index contributed by atoms with van der Waals surface area (Å²) in [6.45, 7) is 0.299. The van der Waals surface area contributed by atoms with Gasteiger partial charge in [0.2, 0.25) is 6.10 Å². The molecule has 1 atom stereocenters. The minimum absolute atomic E-state index is 0.216. The van der Waals surface area contributed by atoms with Gasteiger partial charge in [-0.25, -0.2) is 4.39 Å². The van der Waals surface area contributed by atoms with E-state index in [2.05, 4.69) is 10.2 Å². The van der Waals surface area contributed by atoms with E-state index >= 15 is 0 Å². The Hall–Kier alpha value is -2.74. The van der Waals surface area contributed by atoms with E-state index in [-0.39, 0.29) is 5.75 Å². The summed E-state index contributed by atoms with van der Waals surface area (Å²) < 4.78 is 35.8. The van der Waals surface area contributed by atoms with Crippen LogP contribution in [0, 0.1) is 5.82 Å². The predicted octanol–water partition coefficient (Wildman–Crippen LogP) is 4.02. The number of para-hydroxylation sites is 2. The number of nitrogens with zero attached hydrogens (tertiary/aromatic N) is 2. The Bertz CT molecular complexity index is 918. The lowest BCUT2D eigenvalue weighted by atomic mass is 10.2. The molecule has 134 valence electrons. The van der Waals surface area contributed by atoms with E-state index in [0.29, 0.717) is 35.0 Å². The minimum Gasteiger partial charge on any atom is -0.494 e. The Morgan fingerprint density at radius 2 is 2.04 bits per heavy atom. The molecular weight excluding hydrogens is 359 g/mol. The van der Waals surface area contributed by atoms with Crippen molar-refractivity contribution in [3.8, 4) is 17.2 Å². The smallest absolute Gasteiger partial charge is 0.277 e. The summed E-state index contributed by atoms with van der Waals surface area (Å²) in [5.74, 6) is 2.00. The first-order valence-electron chi connectivity index (χ1n) is 7.90. The molecule has 3 aromatic rings. The molecule has 0 aliphatic carbocycles. The van der Waals surface area contributed by atoms with Gasteiger partial charge in [-0.15, -0.1) is 10.2 Å². The summed E-state index contributed by atoms with van der Waals surface area (Å²) in [6.07, 6.45) is -0.454. The van der Waals surface area contributed by atoms with E-state index in [9.17, 15) is 4.39 Å². The molecule has 1 aliphatic rings. The van der Waals surface area contributed by atoms with Crippen LogP contribution in [0.1, 0.15) is 17.6 Å². The first kappa shape index (κ1) is 16.7. The van der Waals surface area contributed by atoms with Crippen molar-refractivity contribution in [2.24, 2.45) is 0 Å². The third-order valence-corrected chi connectivity index (χ3v) is 4.67. The molecule has 0 radical (unpaired) electrons. The molecule has 0 fully saturated rings. The van der Waals surface area contributed by atoms with Crippen LogP contribution >= 0.6 is 11.8 Å². The number of fused-ring (bicyclic) bond motifs is 1. The molecule has 0 saturated carbocycles. The lowest BCUT2D eigenvalue weighted by Gasteiger charge is -2.23. The first-order chi connectivity index (χ1) is 12.7.